The fourth-order valence-electron chi connectivity index (χ4n) is 3.97. The molecule has 0 saturated carbocycles. The predicted octanol–water partition coefficient (Wildman–Crippen LogP) is 4.08. The highest BCUT2D eigenvalue weighted by Crippen LogP contribution is 2.30. The molecule has 1 aliphatic rings. The Balaban J connectivity index is 2.15. The van der Waals surface area contributed by atoms with Gasteiger partial charge in [0.25, 0.3) is 0 Å². The van der Waals surface area contributed by atoms with E-state index in [0.29, 0.717) is 6.42 Å². The molecule has 26 heavy (non-hydrogen) atoms. The Morgan fingerprint density at radius 3 is 2.62 bits per heavy atom. The lowest BCUT2D eigenvalue weighted by Gasteiger charge is -2.34. The molecule has 2 heterocycles. The molecular formula is C21H32N2O3. The van der Waals surface area contributed by atoms with E-state index in [0.717, 1.165) is 45.1 Å². The van der Waals surface area contributed by atoms with Crippen LogP contribution in [-0.4, -0.2) is 40.5 Å². The maximum atomic E-state index is 12.5. The van der Waals surface area contributed by atoms with Crippen LogP contribution in [0.1, 0.15) is 77.2 Å². The second-order valence-electron chi connectivity index (χ2n) is 7.33. The summed E-state index contributed by atoms with van der Waals surface area (Å²) in [6.07, 6.45) is 9.93. The highest BCUT2D eigenvalue weighted by molar-refractivity contribution is 5.76. The third kappa shape index (κ3) is 6.11. The van der Waals surface area contributed by atoms with Gasteiger partial charge in [-0.15, -0.1) is 0 Å². The maximum absolute atomic E-state index is 12.5. The number of carbonyl (C=O) groups is 2. The average Bonchev–Trinajstić information content (AvgIpc) is 2.83. The minimum atomic E-state index is -0.249. The standard InChI is InChI=1S/C21H32N2O3/c1-4-20(23-13-7-5-6-8-21(23)25)15-19(14-16(2)26-17(3)24)18-9-11-22-12-10-18/h9-12,16,19-20H,4-8,13-15H2,1-3H3. The molecule has 1 fully saturated rings. The van der Waals surface area contributed by atoms with E-state index in [-0.39, 0.29) is 29.9 Å². The fourth-order valence-corrected chi connectivity index (χ4v) is 3.97. The molecule has 1 aliphatic heterocycles. The first-order valence-electron chi connectivity index (χ1n) is 9.87. The monoisotopic (exact) mass is 360 g/mol. The Bertz CT molecular complexity index is 576. The molecule has 1 amide bonds. The van der Waals surface area contributed by atoms with Gasteiger partial charge in [0.1, 0.15) is 0 Å². The summed E-state index contributed by atoms with van der Waals surface area (Å²) in [6, 6.07) is 4.29. The molecule has 5 heteroatoms. The molecular weight excluding hydrogens is 328 g/mol. The molecule has 0 aromatic carbocycles. The number of aromatic nitrogens is 1. The molecule has 0 bridgehead atoms. The summed E-state index contributed by atoms with van der Waals surface area (Å²) >= 11 is 0. The second kappa shape index (κ2) is 10.3. The van der Waals surface area contributed by atoms with Crippen molar-refractivity contribution in [1.82, 2.24) is 9.88 Å². The van der Waals surface area contributed by atoms with Crippen LogP contribution in [0.4, 0.5) is 0 Å². The zero-order valence-electron chi connectivity index (χ0n) is 16.3. The van der Waals surface area contributed by atoms with Gasteiger partial charge < -0.3 is 9.64 Å². The number of amides is 1. The smallest absolute Gasteiger partial charge is 0.302 e. The van der Waals surface area contributed by atoms with Gasteiger partial charge in [0.05, 0.1) is 6.10 Å². The van der Waals surface area contributed by atoms with Crippen molar-refractivity contribution in [3.8, 4) is 0 Å². The van der Waals surface area contributed by atoms with E-state index in [4.69, 9.17) is 4.74 Å². The highest BCUT2D eigenvalue weighted by atomic mass is 16.5. The van der Waals surface area contributed by atoms with Crippen molar-refractivity contribution in [3.05, 3.63) is 30.1 Å². The molecule has 144 valence electrons. The van der Waals surface area contributed by atoms with Crippen LogP contribution < -0.4 is 0 Å². The van der Waals surface area contributed by atoms with Gasteiger partial charge in [-0.05, 0) is 62.6 Å². The summed E-state index contributed by atoms with van der Waals surface area (Å²) in [7, 11) is 0. The largest absolute Gasteiger partial charge is 0.463 e. The first-order valence-corrected chi connectivity index (χ1v) is 9.87. The third-order valence-corrected chi connectivity index (χ3v) is 5.24. The number of pyridine rings is 1. The SMILES string of the molecule is CCC(CC(CC(C)OC(C)=O)c1ccncc1)N1CCCCCC1=O. The number of nitrogens with zero attached hydrogens (tertiary/aromatic N) is 2. The van der Waals surface area contributed by atoms with Crippen molar-refractivity contribution in [2.45, 2.75) is 83.8 Å². The number of carbonyl (C=O) groups excluding carboxylic acids is 2. The average molecular weight is 360 g/mol. The van der Waals surface area contributed by atoms with Gasteiger partial charge in [0, 0.05) is 38.3 Å². The lowest BCUT2D eigenvalue weighted by molar-refractivity contribution is -0.145. The minimum Gasteiger partial charge on any atom is -0.463 e. The predicted molar refractivity (Wildman–Crippen MR) is 102 cm³/mol. The summed E-state index contributed by atoms with van der Waals surface area (Å²) in [5.74, 6) is 0.268. The van der Waals surface area contributed by atoms with Crippen LogP contribution in [0.5, 0.6) is 0 Å². The molecule has 0 aliphatic carbocycles. The van der Waals surface area contributed by atoms with Gasteiger partial charge in [-0.25, -0.2) is 0 Å². The van der Waals surface area contributed by atoms with Gasteiger partial charge >= 0.3 is 5.97 Å². The van der Waals surface area contributed by atoms with Crippen LogP contribution in [0.3, 0.4) is 0 Å². The number of likely N-dealkylation sites (tertiary alicyclic amines) is 1. The van der Waals surface area contributed by atoms with Gasteiger partial charge in [-0.1, -0.05) is 13.3 Å². The lowest BCUT2D eigenvalue weighted by Crippen LogP contribution is -2.40. The fraction of sp³-hybridized carbons (Fsp3) is 0.667. The summed E-state index contributed by atoms with van der Waals surface area (Å²) < 4.78 is 5.37. The quantitative estimate of drug-likeness (QED) is 0.656. The molecule has 0 N–H and O–H groups in total. The zero-order valence-corrected chi connectivity index (χ0v) is 16.3. The Kier molecular flexibility index (Phi) is 8.07. The molecule has 3 atom stereocenters. The van der Waals surface area contributed by atoms with Crippen molar-refractivity contribution in [2.24, 2.45) is 0 Å². The molecule has 3 unspecified atom stereocenters. The Morgan fingerprint density at radius 1 is 1.23 bits per heavy atom. The van der Waals surface area contributed by atoms with Crippen molar-refractivity contribution in [2.75, 3.05) is 6.54 Å². The van der Waals surface area contributed by atoms with Crippen LogP contribution >= 0.6 is 0 Å². The summed E-state index contributed by atoms with van der Waals surface area (Å²) in [5, 5.41) is 0. The highest BCUT2D eigenvalue weighted by Gasteiger charge is 2.28. The maximum Gasteiger partial charge on any atom is 0.302 e. The number of rotatable bonds is 8. The normalized spacial score (nSPS) is 18.7. The van der Waals surface area contributed by atoms with E-state index < -0.39 is 0 Å². The number of esters is 1. The molecule has 0 radical (unpaired) electrons. The Morgan fingerprint density at radius 2 is 1.96 bits per heavy atom. The third-order valence-electron chi connectivity index (χ3n) is 5.24. The van der Waals surface area contributed by atoms with Gasteiger partial charge in [-0.3, -0.25) is 14.6 Å². The number of ether oxygens (including phenoxy) is 1. The lowest BCUT2D eigenvalue weighted by atomic mass is 9.86. The molecule has 1 saturated heterocycles. The van der Waals surface area contributed by atoms with Crippen molar-refractivity contribution < 1.29 is 14.3 Å². The molecule has 1 aromatic rings. The van der Waals surface area contributed by atoms with Gasteiger partial charge in [0.2, 0.25) is 5.91 Å². The van der Waals surface area contributed by atoms with E-state index in [2.05, 4.69) is 16.8 Å². The van der Waals surface area contributed by atoms with Crippen molar-refractivity contribution in [3.63, 3.8) is 0 Å². The van der Waals surface area contributed by atoms with Crippen LogP contribution in [-0.2, 0) is 14.3 Å². The van der Waals surface area contributed by atoms with Crippen LogP contribution in [0.15, 0.2) is 24.5 Å². The summed E-state index contributed by atoms with van der Waals surface area (Å²) in [4.78, 5) is 30.1. The summed E-state index contributed by atoms with van der Waals surface area (Å²) in [5.41, 5.74) is 1.19. The zero-order chi connectivity index (χ0) is 18.9. The van der Waals surface area contributed by atoms with Gasteiger partial charge in [0.15, 0.2) is 0 Å². The van der Waals surface area contributed by atoms with E-state index in [9.17, 15) is 9.59 Å². The Hall–Kier alpha value is -1.91. The first-order chi connectivity index (χ1) is 12.5. The van der Waals surface area contributed by atoms with Crippen LogP contribution in [0.25, 0.3) is 0 Å². The first kappa shape index (κ1) is 20.4. The van der Waals surface area contributed by atoms with Crippen molar-refractivity contribution in [1.29, 1.82) is 0 Å². The van der Waals surface area contributed by atoms with Crippen LogP contribution in [0.2, 0.25) is 0 Å². The molecule has 2 rings (SSSR count). The van der Waals surface area contributed by atoms with E-state index in [1.165, 1.54) is 12.5 Å². The topological polar surface area (TPSA) is 59.5 Å². The number of hydrogen-bond acceptors (Lipinski definition) is 4. The molecule has 1 aromatic heterocycles. The van der Waals surface area contributed by atoms with Crippen molar-refractivity contribution >= 4 is 11.9 Å². The van der Waals surface area contributed by atoms with E-state index in [1.807, 2.05) is 19.1 Å². The van der Waals surface area contributed by atoms with Gasteiger partial charge in [-0.2, -0.15) is 0 Å². The summed E-state index contributed by atoms with van der Waals surface area (Å²) in [6.45, 7) is 6.40. The van der Waals surface area contributed by atoms with Crippen LogP contribution in [0, 0.1) is 0 Å². The minimum absolute atomic E-state index is 0.150. The van der Waals surface area contributed by atoms with E-state index >= 15 is 0 Å². The number of hydrogen-bond donors (Lipinski definition) is 0. The van der Waals surface area contributed by atoms with E-state index in [1.54, 1.807) is 12.4 Å². The molecule has 0 spiro atoms. The second-order valence-corrected chi connectivity index (χ2v) is 7.33. The molecule has 5 nitrogen and oxygen atoms in total. The Labute approximate surface area is 157 Å².